The molecule has 0 fully saturated rings. The predicted molar refractivity (Wildman–Crippen MR) is 92.7 cm³/mol. The molecule has 2 amide bonds. The number of carbonyl (C=O) groups excluding carboxylic acids is 2. The number of carbonyl (C=O) groups is 2. The van der Waals surface area contributed by atoms with Crippen LogP contribution in [-0.2, 0) is 9.59 Å². The van der Waals surface area contributed by atoms with Gasteiger partial charge in [0.05, 0.1) is 21.3 Å². The van der Waals surface area contributed by atoms with Gasteiger partial charge in [-0.2, -0.15) is 0 Å². The van der Waals surface area contributed by atoms with Gasteiger partial charge in [0.25, 0.3) is 11.8 Å². The van der Waals surface area contributed by atoms with Crippen LogP contribution >= 0.6 is 0 Å². The van der Waals surface area contributed by atoms with Gasteiger partial charge in [-0.1, -0.05) is 0 Å². The van der Waals surface area contributed by atoms with Gasteiger partial charge in [-0.05, 0) is 55.0 Å². The van der Waals surface area contributed by atoms with Gasteiger partial charge in [0.1, 0.15) is 0 Å². The molecule has 0 bridgehead atoms. The lowest BCUT2D eigenvalue weighted by Crippen LogP contribution is -2.39. The fourth-order valence-electron chi connectivity index (χ4n) is 3.34. The molecule has 1 aromatic carbocycles. The SMILES string of the molecule is COc1cc(C=C2C(=O)NC(=O)C3=C2CCCC3)cc(OC)c1OC. The second-order valence-corrected chi connectivity index (χ2v) is 5.96. The number of benzene rings is 1. The van der Waals surface area contributed by atoms with Crippen LogP contribution < -0.4 is 19.5 Å². The number of methoxy groups -OCH3 is 3. The number of amides is 2. The largest absolute Gasteiger partial charge is 0.493 e. The quantitative estimate of drug-likeness (QED) is 0.672. The first-order valence-electron chi connectivity index (χ1n) is 8.18. The molecule has 1 aliphatic carbocycles. The average molecular weight is 343 g/mol. The number of rotatable bonds is 4. The first kappa shape index (κ1) is 17.1. The molecule has 0 atom stereocenters. The molecule has 1 aromatic rings. The van der Waals surface area contributed by atoms with Gasteiger partial charge in [0.15, 0.2) is 11.5 Å². The molecule has 6 nitrogen and oxygen atoms in total. The zero-order valence-electron chi connectivity index (χ0n) is 14.6. The molecule has 25 heavy (non-hydrogen) atoms. The number of hydrogen-bond donors (Lipinski definition) is 1. The summed E-state index contributed by atoms with van der Waals surface area (Å²) in [5.41, 5.74) is 2.85. The minimum Gasteiger partial charge on any atom is -0.493 e. The van der Waals surface area contributed by atoms with E-state index in [1.807, 2.05) is 0 Å². The summed E-state index contributed by atoms with van der Waals surface area (Å²) in [6.45, 7) is 0. The van der Waals surface area contributed by atoms with Crippen LogP contribution in [-0.4, -0.2) is 33.1 Å². The topological polar surface area (TPSA) is 73.9 Å². The van der Waals surface area contributed by atoms with Crippen LogP contribution in [0.5, 0.6) is 17.2 Å². The van der Waals surface area contributed by atoms with Gasteiger partial charge < -0.3 is 14.2 Å². The Morgan fingerprint density at radius 1 is 0.880 bits per heavy atom. The number of hydrogen-bond acceptors (Lipinski definition) is 5. The fraction of sp³-hybridized carbons (Fsp3) is 0.368. The molecule has 0 spiro atoms. The third-order valence-electron chi connectivity index (χ3n) is 4.54. The summed E-state index contributed by atoms with van der Waals surface area (Å²) in [6.07, 6.45) is 5.17. The Bertz CT molecular complexity index is 766. The Morgan fingerprint density at radius 3 is 2.04 bits per heavy atom. The van der Waals surface area contributed by atoms with Crippen molar-refractivity contribution in [1.29, 1.82) is 0 Å². The van der Waals surface area contributed by atoms with Crippen molar-refractivity contribution in [1.82, 2.24) is 5.32 Å². The van der Waals surface area contributed by atoms with E-state index in [4.69, 9.17) is 14.2 Å². The maximum atomic E-state index is 12.4. The minimum atomic E-state index is -0.362. The molecule has 1 N–H and O–H groups in total. The number of imide groups is 1. The van der Waals surface area contributed by atoms with E-state index in [9.17, 15) is 9.59 Å². The molecular formula is C19H21NO5. The molecule has 0 saturated carbocycles. The number of ether oxygens (including phenoxy) is 3. The van der Waals surface area contributed by atoms with Crippen molar-refractivity contribution >= 4 is 17.9 Å². The molecule has 0 saturated heterocycles. The predicted octanol–water partition coefficient (Wildman–Crippen LogP) is 2.62. The molecule has 3 rings (SSSR count). The van der Waals surface area contributed by atoms with Crippen molar-refractivity contribution in [2.45, 2.75) is 25.7 Å². The molecule has 1 aliphatic heterocycles. The standard InChI is InChI=1S/C19H21NO5/c1-23-15-9-11(10-16(24-2)17(15)25-3)8-14-12-6-4-5-7-13(12)18(21)20-19(14)22/h8-10H,4-7H2,1-3H3,(H,20,21,22). The molecule has 132 valence electrons. The van der Waals surface area contributed by atoms with Crippen molar-refractivity contribution in [2.24, 2.45) is 0 Å². The molecule has 0 aromatic heterocycles. The lowest BCUT2D eigenvalue weighted by Gasteiger charge is -2.26. The molecule has 2 aliphatic rings. The summed E-state index contributed by atoms with van der Waals surface area (Å²) in [5.74, 6) is 0.895. The molecule has 0 radical (unpaired) electrons. The third kappa shape index (κ3) is 3.12. The molecule has 1 heterocycles. The van der Waals surface area contributed by atoms with E-state index in [0.29, 0.717) is 29.2 Å². The normalized spacial score (nSPS) is 18.8. The van der Waals surface area contributed by atoms with Crippen molar-refractivity contribution < 1.29 is 23.8 Å². The van der Waals surface area contributed by atoms with Crippen molar-refractivity contribution in [3.8, 4) is 17.2 Å². The van der Waals surface area contributed by atoms with Gasteiger partial charge in [0.2, 0.25) is 5.75 Å². The lowest BCUT2D eigenvalue weighted by molar-refractivity contribution is -0.127. The van der Waals surface area contributed by atoms with Crippen LogP contribution in [0.4, 0.5) is 0 Å². The van der Waals surface area contributed by atoms with Gasteiger partial charge in [-0.3, -0.25) is 14.9 Å². The summed E-state index contributed by atoms with van der Waals surface area (Å²) in [5, 5.41) is 2.44. The summed E-state index contributed by atoms with van der Waals surface area (Å²) < 4.78 is 16.0. The Balaban J connectivity index is 2.11. The van der Waals surface area contributed by atoms with Crippen LogP contribution in [0.2, 0.25) is 0 Å². The van der Waals surface area contributed by atoms with Crippen LogP contribution in [0.25, 0.3) is 6.08 Å². The van der Waals surface area contributed by atoms with E-state index in [-0.39, 0.29) is 11.8 Å². The van der Waals surface area contributed by atoms with Gasteiger partial charge in [-0.25, -0.2) is 0 Å². The molecule has 6 heteroatoms. The second kappa shape index (κ2) is 7.01. The Labute approximate surface area is 146 Å². The molecule has 0 unspecified atom stereocenters. The highest BCUT2D eigenvalue weighted by molar-refractivity contribution is 6.18. The van der Waals surface area contributed by atoms with Crippen LogP contribution in [0.1, 0.15) is 31.2 Å². The summed E-state index contributed by atoms with van der Waals surface area (Å²) in [7, 11) is 4.63. The molecular weight excluding hydrogens is 322 g/mol. The monoisotopic (exact) mass is 343 g/mol. The Kier molecular flexibility index (Phi) is 4.79. The Morgan fingerprint density at radius 2 is 1.48 bits per heavy atom. The van der Waals surface area contributed by atoms with E-state index in [1.54, 1.807) is 32.4 Å². The summed E-state index contributed by atoms with van der Waals surface area (Å²) in [6, 6.07) is 3.56. The maximum Gasteiger partial charge on any atom is 0.258 e. The average Bonchev–Trinajstić information content (AvgIpc) is 2.64. The van der Waals surface area contributed by atoms with Gasteiger partial charge >= 0.3 is 0 Å². The first-order valence-corrected chi connectivity index (χ1v) is 8.18. The van der Waals surface area contributed by atoms with E-state index in [2.05, 4.69) is 5.32 Å². The van der Waals surface area contributed by atoms with E-state index >= 15 is 0 Å². The van der Waals surface area contributed by atoms with Crippen LogP contribution in [0.3, 0.4) is 0 Å². The van der Waals surface area contributed by atoms with E-state index in [0.717, 1.165) is 36.0 Å². The van der Waals surface area contributed by atoms with Gasteiger partial charge in [0, 0.05) is 11.1 Å². The Hall–Kier alpha value is -2.76. The van der Waals surface area contributed by atoms with E-state index in [1.165, 1.54) is 7.11 Å². The zero-order valence-corrected chi connectivity index (χ0v) is 14.6. The highest BCUT2D eigenvalue weighted by atomic mass is 16.5. The van der Waals surface area contributed by atoms with Crippen molar-refractivity contribution in [3.05, 3.63) is 34.4 Å². The minimum absolute atomic E-state index is 0.262. The van der Waals surface area contributed by atoms with Gasteiger partial charge in [-0.15, -0.1) is 0 Å². The fourth-order valence-corrected chi connectivity index (χ4v) is 3.34. The van der Waals surface area contributed by atoms with E-state index < -0.39 is 0 Å². The second-order valence-electron chi connectivity index (χ2n) is 5.96. The van der Waals surface area contributed by atoms with Crippen molar-refractivity contribution in [2.75, 3.05) is 21.3 Å². The highest BCUT2D eigenvalue weighted by Crippen LogP contribution is 2.40. The highest BCUT2D eigenvalue weighted by Gasteiger charge is 2.31. The first-order chi connectivity index (χ1) is 12.1. The lowest BCUT2D eigenvalue weighted by atomic mass is 9.83. The maximum absolute atomic E-state index is 12.4. The third-order valence-corrected chi connectivity index (χ3v) is 4.54. The summed E-state index contributed by atoms with van der Waals surface area (Å²) >= 11 is 0. The summed E-state index contributed by atoms with van der Waals surface area (Å²) in [4.78, 5) is 24.4. The smallest absolute Gasteiger partial charge is 0.258 e. The van der Waals surface area contributed by atoms with Crippen LogP contribution in [0, 0.1) is 0 Å². The zero-order chi connectivity index (χ0) is 18.0. The van der Waals surface area contributed by atoms with Crippen LogP contribution in [0.15, 0.2) is 28.9 Å². The van der Waals surface area contributed by atoms with Crippen molar-refractivity contribution in [3.63, 3.8) is 0 Å². The number of nitrogens with one attached hydrogen (secondary N) is 1.